The zero-order valence-corrected chi connectivity index (χ0v) is 15.3. The maximum Gasteiger partial charge on any atom is 0.271 e. The van der Waals surface area contributed by atoms with Crippen molar-refractivity contribution in [2.45, 2.75) is 26.0 Å². The summed E-state index contributed by atoms with van der Waals surface area (Å²) in [4.78, 5) is 18.9. The lowest BCUT2D eigenvalue weighted by molar-refractivity contribution is 0.0838. The summed E-state index contributed by atoms with van der Waals surface area (Å²) in [5.41, 5.74) is 4.49. The van der Waals surface area contributed by atoms with Crippen LogP contribution in [0.1, 0.15) is 27.3 Å². The van der Waals surface area contributed by atoms with Gasteiger partial charge in [0, 0.05) is 44.1 Å². The van der Waals surface area contributed by atoms with Crippen molar-refractivity contribution in [2.75, 3.05) is 19.6 Å². The van der Waals surface area contributed by atoms with E-state index in [1.54, 1.807) is 16.8 Å². The van der Waals surface area contributed by atoms with Gasteiger partial charge in [-0.2, -0.15) is 5.10 Å². The van der Waals surface area contributed by atoms with E-state index in [4.69, 9.17) is 0 Å². The molecular formula is C20H23N5O2. The maximum atomic E-state index is 12.3. The van der Waals surface area contributed by atoms with E-state index in [1.165, 1.54) is 11.1 Å². The van der Waals surface area contributed by atoms with Crippen LogP contribution in [0.2, 0.25) is 0 Å². The summed E-state index contributed by atoms with van der Waals surface area (Å²) >= 11 is 0. The van der Waals surface area contributed by atoms with Gasteiger partial charge in [-0.1, -0.05) is 24.3 Å². The van der Waals surface area contributed by atoms with Gasteiger partial charge in [-0.05, 0) is 30.5 Å². The van der Waals surface area contributed by atoms with Gasteiger partial charge in [-0.3, -0.25) is 9.69 Å². The van der Waals surface area contributed by atoms with Crippen LogP contribution in [0, 0.1) is 6.92 Å². The van der Waals surface area contributed by atoms with Crippen LogP contribution < -0.4 is 5.32 Å². The molecular weight excluding hydrogens is 342 g/mol. The minimum Gasteiger partial charge on any atom is -0.390 e. The highest BCUT2D eigenvalue weighted by molar-refractivity contribution is 5.93. The number of hydrogen-bond acceptors (Lipinski definition) is 5. The van der Waals surface area contributed by atoms with Crippen molar-refractivity contribution in [3.63, 3.8) is 0 Å². The van der Waals surface area contributed by atoms with Gasteiger partial charge in [-0.15, -0.1) is 0 Å². The lowest BCUT2D eigenvalue weighted by atomic mass is 10.00. The first-order valence-electron chi connectivity index (χ1n) is 9.17. The molecule has 0 bridgehead atoms. The number of aliphatic hydroxyl groups is 1. The molecule has 4 rings (SSSR count). The third kappa shape index (κ3) is 3.99. The molecule has 0 aliphatic carbocycles. The fraction of sp³-hybridized carbons (Fsp3) is 0.350. The number of hydrogen-bond donors (Lipinski definition) is 2. The van der Waals surface area contributed by atoms with Crippen molar-refractivity contribution in [2.24, 2.45) is 0 Å². The van der Waals surface area contributed by atoms with Gasteiger partial charge in [-0.25, -0.2) is 9.50 Å². The van der Waals surface area contributed by atoms with Crippen molar-refractivity contribution in [3.8, 4) is 0 Å². The fourth-order valence-corrected chi connectivity index (χ4v) is 3.46. The first-order valence-corrected chi connectivity index (χ1v) is 9.17. The van der Waals surface area contributed by atoms with Gasteiger partial charge in [0.1, 0.15) is 0 Å². The number of benzene rings is 1. The number of β-amino-alcohol motifs (C(OH)–C–C–N with tert-alkyl or cyclic N) is 1. The zero-order valence-electron chi connectivity index (χ0n) is 15.3. The molecule has 27 heavy (non-hydrogen) atoms. The molecule has 1 aliphatic rings. The molecule has 1 atom stereocenters. The highest BCUT2D eigenvalue weighted by atomic mass is 16.3. The molecule has 0 fully saturated rings. The summed E-state index contributed by atoms with van der Waals surface area (Å²) in [7, 11) is 0. The molecule has 3 heterocycles. The Hall–Kier alpha value is -2.77. The summed E-state index contributed by atoms with van der Waals surface area (Å²) in [6, 6.07) is 11.9. The van der Waals surface area contributed by atoms with E-state index in [0.717, 1.165) is 25.2 Å². The maximum absolute atomic E-state index is 12.3. The number of aryl methyl sites for hydroxylation is 1. The predicted molar refractivity (Wildman–Crippen MR) is 101 cm³/mol. The van der Waals surface area contributed by atoms with Crippen LogP contribution in [0.4, 0.5) is 0 Å². The zero-order chi connectivity index (χ0) is 18.8. The SMILES string of the molecule is Cc1ccn2nc(C(=O)NCC(O)CN3CCc4ccccc4C3)cc2n1. The number of carbonyl (C=O) groups is 1. The number of nitrogens with one attached hydrogen (secondary N) is 1. The molecule has 0 radical (unpaired) electrons. The Balaban J connectivity index is 1.31. The number of fused-ring (bicyclic) bond motifs is 2. The van der Waals surface area contributed by atoms with Gasteiger partial charge in [0.25, 0.3) is 5.91 Å². The Bertz CT molecular complexity index is 968. The predicted octanol–water partition coefficient (Wildman–Crippen LogP) is 1.19. The van der Waals surface area contributed by atoms with Crippen LogP contribution in [0.25, 0.3) is 5.65 Å². The number of rotatable bonds is 5. The molecule has 0 spiro atoms. The molecule has 3 aromatic rings. The van der Waals surface area contributed by atoms with Gasteiger partial charge >= 0.3 is 0 Å². The average Bonchev–Trinajstić information content (AvgIpc) is 3.09. The second-order valence-electron chi connectivity index (χ2n) is 7.02. The Labute approximate surface area is 157 Å². The van der Waals surface area contributed by atoms with Crippen molar-refractivity contribution < 1.29 is 9.90 Å². The summed E-state index contributed by atoms with van der Waals surface area (Å²) in [5, 5.41) is 17.3. The summed E-state index contributed by atoms with van der Waals surface area (Å²) < 4.78 is 1.57. The Morgan fingerprint density at radius 2 is 2.11 bits per heavy atom. The second-order valence-corrected chi connectivity index (χ2v) is 7.02. The van der Waals surface area contributed by atoms with Gasteiger partial charge in [0.15, 0.2) is 11.3 Å². The number of nitrogens with zero attached hydrogens (tertiary/aromatic N) is 4. The molecule has 0 saturated heterocycles. The Morgan fingerprint density at radius 3 is 2.96 bits per heavy atom. The van der Waals surface area contributed by atoms with E-state index in [0.29, 0.717) is 17.9 Å². The third-order valence-electron chi connectivity index (χ3n) is 4.87. The Morgan fingerprint density at radius 1 is 1.30 bits per heavy atom. The van der Waals surface area contributed by atoms with Crippen molar-refractivity contribution in [1.29, 1.82) is 0 Å². The lowest BCUT2D eigenvalue weighted by Crippen LogP contribution is -2.42. The van der Waals surface area contributed by atoms with E-state index < -0.39 is 6.10 Å². The molecule has 1 amide bonds. The number of carbonyl (C=O) groups excluding carboxylic acids is 1. The van der Waals surface area contributed by atoms with Crippen LogP contribution in [0.15, 0.2) is 42.6 Å². The van der Waals surface area contributed by atoms with Crippen LogP contribution in [0.5, 0.6) is 0 Å². The highest BCUT2D eigenvalue weighted by Gasteiger charge is 2.19. The van der Waals surface area contributed by atoms with E-state index in [9.17, 15) is 9.90 Å². The van der Waals surface area contributed by atoms with Crippen molar-refractivity contribution in [1.82, 2.24) is 24.8 Å². The first kappa shape index (κ1) is 17.6. The molecule has 2 aromatic heterocycles. The fourth-order valence-electron chi connectivity index (χ4n) is 3.46. The quantitative estimate of drug-likeness (QED) is 0.710. The van der Waals surface area contributed by atoms with Crippen LogP contribution in [-0.4, -0.2) is 56.2 Å². The number of aliphatic hydroxyl groups excluding tert-OH is 1. The van der Waals surface area contributed by atoms with E-state index in [2.05, 4.69) is 38.5 Å². The van der Waals surface area contributed by atoms with Crippen LogP contribution in [-0.2, 0) is 13.0 Å². The smallest absolute Gasteiger partial charge is 0.271 e. The van der Waals surface area contributed by atoms with Crippen molar-refractivity contribution in [3.05, 3.63) is 65.1 Å². The Kier molecular flexibility index (Phi) is 4.87. The standard InChI is InChI=1S/C20H23N5O2/c1-14-6-9-25-19(22-14)10-18(23-25)20(27)21-11-17(26)13-24-8-7-15-4-2-3-5-16(15)12-24/h2-6,9-10,17,26H,7-8,11-13H2,1H3,(H,21,27). The van der Waals surface area contributed by atoms with E-state index >= 15 is 0 Å². The summed E-state index contributed by atoms with van der Waals surface area (Å²) in [6.45, 7) is 4.36. The van der Waals surface area contributed by atoms with Gasteiger partial charge < -0.3 is 10.4 Å². The first-order chi connectivity index (χ1) is 13.1. The molecule has 7 heteroatoms. The summed E-state index contributed by atoms with van der Waals surface area (Å²) in [6.07, 6.45) is 2.14. The lowest BCUT2D eigenvalue weighted by Gasteiger charge is -2.30. The van der Waals surface area contributed by atoms with Crippen LogP contribution >= 0.6 is 0 Å². The van der Waals surface area contributed by atoms with E-state index in [-0.39, 0.29) is 12.5 Å². The topological polar surface area (TPSA) is 82.8 Å². The monoisotopic (exact) mass is 365 g/mol. The molecule has 0 saturated carbocycles. The number of aromatic nitrogens is 3. The normalized spacial score (nSPS) is 15.5. The molecule has 1 aromatic carbocycles. The van der Waals surface area contributed by atoms with Gasteiger partial charge in [0.05, 0.1) is 6.10 Å². The minimum absolute atomic E-state index is 0.192. The largest absolute Gasteiger partial charge is 0.390 e. The molecule has 2 N–H and O–H groups in total. The van der Waals surface area contributed by atoms with Crippen molar-refractivity contribution >= 4 is 11.6 Å². The molecule has 1 unspecified atom stereocenters. The van der Waals surface area contributed by atoms with Gasteiger partial charge in [0.2, 0.25) is 0 Å². The second kappa shape index (κ2) is 7.46. The summed E-state index contributed by atoms with van der Waals surface area (Å²) in [5.74, 6) is -0.304. The van der Waals surface area contributed by atoms with E-state index in [1.807, 2.05) is 19.1 Å². The average molecular weight is 365 g/mol. The minimum atomic E-state index is -0.628. The number of amides is 1. The highest BCUT2D eigenvalue weighted by Crippen LogP contribution is 2.18. The molecule has 7 nitrogen and oxygen atoms in total. The molecule has 140 valence electrons. The molecule has 1 aliphatic heterocycles. The third-order valence-corrected chi connectivity index (χ3v) is 4.87. The van der Waals surface area contributed by atoms with Crippen LogP contribution in [0.3, 0.4) is 0 Å².